The molecule has 4 heteroatoms. The van der Waals surface area contributed by atoms with Crippen molar-refractivity contribution in [1.29, 1.82) is 0 Å². The van der Waals surface area contributed by atoms with Gasteiger partial charge in [0, 0.05) is 54.2 Å². The van der Waals surface area contributed by atoms with Crippen molar-refractivity contribution in [2.24, 2.45) is 0 Å². The summed E-state index contributed by atoms with van der Waals surface area (Å²) in [5.41, 5.74) is 13.7. The lowest BCUT2D eigenvalue weighted by atomic mass is 9.33. The molecular formula is C42H27BN2S. The van der Waals surface area contributed by atoms with E-state index in [1.165, 1.54) is 81.8 Å². The maximum absolute atomic E-state index is 2.51. The van der Waals surface area contributed by atoms with Crippen LogP contribution >= 0.6 is 11.3 Å². The van der Waals surface area contributed by atoms with Crippen LogP contribution in [0.15, 0.2) is 164 Å². The molecule has 0 spiro atoms. The first kappa shape index (κ1) is 25.7. The standard InChI is InChI=1S/C42H27BN2S/c1-2-13-29(14-3-1)44-36-20-9-6-17-33(36)43-34-18-7-10-21-37(34)45(39-23-12-22-38(44)42(39)43)35-19-8-4-15-30(35)28-25-26-41-32(27-28)31-16-5-11-24-40(31)46-41/h1-27H. The molecule has 0 bridgehead atoms. The number of thiophene rings is 1. The Kier molecular flexibility index (Phi) is 5.57. The monoisotopic (exact) mass is 602 g/mol. The number of fused-ring (bicyclic) bond motifs is 7. The molecule has 2 nitrogen and oxygen atoms in total. The van der Waals surface area contributed by atoms with Crippen LogP contribution in [0.4, 0.5) is 34.1 Å². The van der Waals surface area contributed by atoms with Gasteiger partial charge in [-0.15, -0.1) is 11.3 Å². The first-order chi connectivity index (χ1) is 22.8. The van der Waals surface area contributed by atoms with Gasteiger partial charge in [-0.3, -0.25) is 0 Å². The average molecular weight is 603 g/mol. The minimum absolute atomic E-state index is 0.135. The molecule has 0 saturated heterocycles. The molecule has 0 amide bonds. The minimum atomic E-state index is 0.135. The van der Waals surface area contributed by atoms with Crippen LogP contribution in [0.2, 0.25) is 0 Å². The Labute approximate surface area is 272 Å². The highest BCUT2D eigenvalue weighted by Gasteiger charge is 2.43. The van der Waals surface area contributed by atoms with Gasteiger partial charge in [-0.2, -0.15) is 0 Å². The predicted octanol–water partition coefficient (Wildman–Crippen LogP) is 9.80. The van der Waals surface area contributed by atoms with Crippen LogP contribution in [-0.4, -0.2) is 6.71 Å². The fourth-order valence-electron chi connectivity index (χ4n) is 7.76. The van der Waals surface area contributed by atoms with Crippen LogP contribution in [-0.2, 0) is 0 Å². The maximum atomic E-state index is 2.51. The lowest BCUT2D eigenvalue weighted by molar-refractivity contribution is 1.25. The van der Waals surface area contributed by atoms with Gasteiger partial charge in [0.1, 0.15) is 0 Å². The van der Waals surface area contributed by atoms with Crippen molar-refractivity contribution in [3.8, 4) is 11.1 Å². The fourth-order valence-corrected chi connectivity index (χ4v) is 8.84. The summed E-state index contributed by atoms with van der Waals surface area (Å²) in [6.07, 6.45) is 0. The van der Waals surface area contributed by atoms with Gasteiger partial charge in [0.25, 0.3) is 6.71 Å². The van der Waals surface area contributed by atoms with Crippen LogP contribution in [0.5, 0.6) is 0 Å². The largest absolute Gasteiger partial charge is 0.311 e. The Hall–Kier alpha value is -5.58. The lowest BCUT2D eigenvalue weighted by Crippen LogP contribution is -2.61. The highest BCUT2D eigenvalue weighted by atomic mass is 32.1. The summed E-state index contributed by atoms with van der Waals surface area (Å²) in [5.74, 6) is 0. The molecule has 0 aliphatic carbocycles. The van der Waals surface area contributed by atoms with Crippen molar-refractivity contribution < 1.29 is 0 Å². The third-order valence-corrected chi connectivity index (χ3v) is 10.8. The van der Waals surface area contributed by atoms with E-state index in [1.54, 1.807) is 0 Å². The molecule has 2 aliphatic heterocycles. The van der Waals surface area contributed by atoms with Crippen molar-refractivity contribution in [1.82, 2.24) is 0 Å². The number of hydrogen-bond acceptors (Lipinski definition) is 3. The van der Waals surface area contributed by atoms with E-state index in [9.17, 15) is 0 Å². The second-order valence-corrected chi connectivity index (χ2v) is 13.2. The van der Waals surface area contributed by atoms with Gasteiger partial charge in [-0.25, -0.2) is 0 Å². The number of hydrogen-bond donors (Lipinski definition) is 0. The third-order valence-electron chi connectivity index (χ3n) is 9.65. The molecule has 0 radical (unpaired) electrons. The zero-order valence-corrected chi connectivity index (χ0v) is 25.8. The van der Waals surface area contributed by atoms with Crippen molar-refractivity contribution in [2.75, 3.05) is 9.80 Å². The number of nitrogens with zero attached hydrogens (tertiary/aromatic N) is 2. The van der Waals surface area contributed by atoms with Gasteiger partial charge in [-0.1, -0.05) is 103 Å². The van der Waals surface area contributed by atoms with Gasteiger partial charge < -0.3 is 9.80 Å². The van der Waals surface area contributed by atoms with E-state index < -0.39 is 0 Å². The van der Waals surface area contributed by atoms with Gasteiger partial charge >= 0.3 is 0 Å². The first-order valence-corrected chi connectivity index (χ1v) is 16.6. The van der Waals surface area contributed by atoms with Crippen LogP contribution in [0, 0.1) is 0 Å². The summed E-state index contributed by atoms with van der Waals surface area (Å²) in [7, 11) is 0. The van der Waals surface area contributed by atoms with E-state index in [0.29, 0.717) is 0 Å². The summed E-state index contributed by atoms with van der Waals surface area (Å²) < 4.78 is 2.66. The normalized spacial score (nSPS) is 13.1. The molecule has 0 atom stereocenters. The van der Waals surface area contributed by atoms with E-state index in [0.717, 1.165) is 0 Å². The molecule has 0 saturated carbocycles. The predicted molar refractivity (Wildman–Crippen MR) is 199 cm³/mol. The Bertz CT molecular complexity index is 2470. The van der Waals surface area contributed by atoms with E-state index in [2.05, 4.69) is 174 Å². The van der Waals surface area contributed by atoms with Crippen LogP contribution in [0.25, 0.3) is 31.3 Å². The summed E-state index contributed by atoms with van der Waals surface area (Å²) in [6, 6.07) is 60.2. The molecule has 2 aliphatic rings. The Morgan fingerprint density at radius 2 is 1.00 bits per heavy atom. The summed E-state index contributed by atoms with van der Waals surface area (Å²) in [6.45, 7) is 0.135. The van der Waals surface area contributed by atoms with Gasteiger partial charge in [0.15, 0.2) is 0 Å². The first-order valence-electron chi connectivity index (χ1n) is 15.8. The Morgan fingerprint density at radius 1 is 0.413 bits per heavy atom. The molecule has 7 aromatic carbocycles. The smallest absolute Gasteiger partial charge is 0.252 e. The highest BCUT2D eigenvalue weighted by molar-refractivity contribution is 7.25. The maximum Gasteiger partial charge on any atom is 0.252 e. The van der Waals surface area contributed by atoms with Crippen molar-refractivity contribution >= 4 is 88.7 Å². The fraction of sp³-hybridized carbons (Fsp3) is 0. The van der Waals surface area contributed by atoms with E-state index in [4.69, 9.17) is 0 Å². The second-order valence-electron chi connectivity index (χ2n) is 12.1. The third kappa shape index (κ3) is 3.65. The summed E-state index contributed by atoms with van der Waals surface area (Å²) >= 11 is 1.87. The number of rotatable bonds is 3. The lowest BCUT2D eigenvalue weighted by Gasteiger charge is -2.44. The molecule has 8 aromatic rings. The Morgan fingerprint density at radius 3 is 1.80 bits per heavy atom. The van der Waals surface area contributed by atoms with E-state index in [-0.39, 0.29) is 6.71 Å². The molecule has 1 aromatic heterocycles. The Balaban J connectivity index is 1.23. The van der Waals surface area contributed by atoms with Gasteiger partial charge in [0.05, 0.1) is 5.69 Å². The van der Waals surface area contributed by atoms with Gasteiger partial charge in [-0.05, 0) is 82.6 Å². The molecule has 10 rings (SSSR count). The SMILES string of the molecule is c1ccc(N2c3ccccc3B3c4ccccc4N(c4ccccc4-c4ccc5sc6ccccc6c5c4)c4cccc2c43)cc1. The highest BCUT2D eigenvalue weighted by Crippen LogP contribution is 2.46. The molecule has 3 heterocycles. The van der Waals surface area contributed by atoms with Gasteiger partial charge in [0.2, 0.25) is 0 Å². The molecule has 46 heavy (non-hydrogen) atoms. The van der Waals surface area contributed by atoms with Crippen LogP contribution in [0.1, 0.15) is 0 Å². The molecule has 214 valence electrons. The number of para-hydroxylation sites is 4. The number of anilines is 6. The molecule has 0 fully saturated rings. The zero-order valence-electron chi connectivity index (χ0n) is 25.0. The summed E-state index contributed by atoms with van der Waals surface area (Å²) in [5, 5.41) is 2.64. The van der Waals surface area contributed by atoms with Crippen molar-refractivity contribution in [2.45, 2.75) is 0 Å². The van der Waals surface area contributed by atoms with Crippen molar-refractivity contribution in [3.63, 3.8) is 0 Å². The average Bonchev–Trinajstić information content (AvgIpc) is 3.50. The molecule has 0 unspecified atom stereocenters. The second kappa shape index (κ2) is 9.97. The molecular weight excluding hydrogens is 575 g/mol. The number of benzene rings is 7. The van der Waals surface area contributed by atoms with Crippen LogP contribution < -0.4 is 26.2 Å². The topological polar surface area (TPSA) is 6.48 Å². The minimum Gasteiger partial charge on any atom is -0.311 e. The van der Waals surface area contributed by atoms with E-state index in [1.807, 2.05) is 11.3 Å². The quantitative estimate of drug-likeness (QED) is 0.186. The zero-order chi connectivity index (χ0) is 30.2. The van der Waals surface area contributed by atoms with Crippen LogP contribution in [0.3, 0.4) is 0 Å². The summed E-state index contributed by atoms with van der Waals surface area (Å²) in [4.78, 5) is 4.95. The van der Waals surface area contributed by atoms with E-state index >= 15 is 0 Å². The van der Waals surface area contributed by atoms with Crippen molar-refractivity contribution in [3.05, 3.63) is 164 Å². The molecule has 0 N–H and O–H groups in total.